The van der Waals surface area contributed by atoms with Gasteiger partial charge in [-0.25, -0.2) is 22.5 Å². The molecule has 0 radical (unpaired) electrons. The van der Waals surface area contributed by atoms with Crippen LogP contribution in [0.25, 0.3) is 0 Å². The minimum Gasteiger partial charge on any atom is -0.241 e. The number of pyridine rings is 1. The van der Waals surface area contributed by atoms with Gasteiger partial charge in [-0.3, -0.25) is 0 Å². The van der Waals surface area contributed by atoms with Crippen molar-refractivity contribution in [2.75, 3.05) is 11.0 Å². The fourth-order valence-corrected chi connectivity index (χ4v) is 3.03. The third-order valence-electron chi connectivity index (χ3n) is 2.33. The van der Waals surface area contributed by atoms with Crippen LogP contribution in [0.3, 0.4) is 0 Å². The van der Waals surface area contributed by atoms with Gasteiger partial charge in [0.1, 0.15) is 0 Å². The van der Waals surface area contributed by atoms with Gasteiger partial charge in [-0.2, -0.15) is 0 Å². The molecule has 0 amide bonds. The first-order valence-corrected chi connectivity index (χ1v) is 8.75. The first-order valence-electron chi connectivity index (χ1n) is 5.74. The highest BCUT2D eigenvalue weighted by Crippen LogP contribution is 2.10. The minimum atomic E-state index is -3.82. The topological polar surface area (TPSA) is 59.1 Å². The van der Waals surface area contributed by atoms with Gasteiger partial charge in [0.2, 0.25) is 5.03 Å². The summed E-state index contributed by atoms with van der Waals surface area (Å²) in [6, 6.07) is 2.44. The second kappa shape index (κ2) is 8.00. The quantitative estimate of drug-likeness (QED) is 0.424. The van der Waals surface area contributed by atoms with Crippen molar-refractivity contribution in [1.82, 2.24) is 9.71 Å². The summed E-state index contributed by atoms with van der Waals surface area (Å²) in [5, 5.41) is -0.530. The van der Waals surface area contributed by atoms with E-state index in [1.165, 1.54) is 12.3 Å². The highest BCUT2D eigenvalue weighted by atomic mass is 127. The second-order valence-electron chi connectivity index (χ2n) is 3.79. The van der Waals surface area contributed by atoms with Crippen LogP contribution in [-0.2, 0) is 10.0 Å². The first kappa shape index (κ1) is 15.8. The molecular formula is C11H16FIN2O2S. The van der Waals surface area contributed by atoms with Crippen LogP contribution in [0.15, 0.2) is 23.4 Å². The maximum absolute atomic E-state index is 13.3. The number of halogens is 2. The largest absolute Gasteiger partial charge is 0.261 e. The van der Waals surface area contributed by atoms with Gasteiger partial charge in [0.15, 0.2) is 5.82 Å². The molecule has 0 bridgehead atoms. The standard InChI is InChI=1S/C11H16FIN2O2S/c12-10-6-5-8-14-11(10)18(16,17)15-9-4-2-1-3-7-13/h5-6,8,15H,1-4,7,9H2. The highest BCUT2D eigenvalue weighted by molar-refractivity contribution is 14.1. The summed E-state index contributed by atoms with van der Waals surface area (Å²) in [5.41, 5.74) is 0. The van der Waals surface area contributed by atoms with Crippen molar-refractivity contribution in [3.63, 3.8) is 0 Å². The molecule has 0 aromatic carbocycles. The van der Waals surface area contributed by atoms with E-state index in [0.717, 1.165) is 36.2 Å². The molecule has 0 aliphatic heterocycles. The van der Waals surface area contributed by atoms with Gasteiger partial charge >= 0.3 is 0 Å². The van der Waals surface area contributed by atoms with Crippen molar-refractivity contribution in [3.05, 3.63) is 24.1 Å². The van der Waals surface area contributed by atoms with E-state index in [-0.39, 0.29) is 0 Å². The third-order valence-corrected chi connectivity index (χ3v) is 4.49. The van der Waals surface area contributed by atoms with E-state index in [1.54, 1.807) is 0 Å². The second-order valence-corrected chi connectivity index (χ2v) is 6.55. The molecule has 0 aliphatic rings. The molecule has 4 nitrogen and oxygen atoms in total. The average Bonchev–Trinajstić information content (AvgIpc) is 2.34. The Hall–Kier alpha value is -0.280. The monoisotopic (exact) mass is 386 g/mol. The molecule has 0 saturated carbocycles. The van der Waals surface area contributed by atoms with E-state index in [9.17, 15) is 12.8 Å². The van der Waals surface area contributed by atoms with Crippen LogP contribution in [0.4, 0.5) is 4.39 Å². The number of hydrogen-bond acceptors (Lipinski definition) is 3. The van der Waals surface area contributed by atoms with Crippen LogP contribution in [0.2, 0.25) is 0 Å². The summed E-state index contributed by atoms with van der Waals surface area (Å²) in [7, 11) is -3.82. The van der Waals surface area contributed by atoms with E-state index in [2.05, 4.69) is 32.3 Å². The zero-order valence-corrected chi connectivity index (χ0v) is 12.9. The van der Waals surface area contributed by atoms with Crippen LogP contribution in [0, 0.1) is 5.82 Å². The van der Waals surface area contributed by atoms with Crippen LogP contribution in [-0.4, -0.2) is 24.4 Å². The average molecular weight is 386 g/mol. The van der Waals surface area contributed by atoms with Crippen molar-refractivity contribution in [2.24, 2.45) is 0 Å². The summed E-state index contributed by atoms with van der Waals surface area (Å²) < 4.78 is 40.2. The molecule has 102 valence electrons. The molecule has 0 fully saturated rings. The molecule has 0 atom stereocenters. The van der Waals surface area contributed by atoms with Gasteiger partial charge in [-0.15, -0.1) is 0 Å². The molecule has 0 saturated heterocycles. The lowest BCUT2D eigenvalue weighted by Crippen LogP contribution is -2.26. The molecule has 1 aromatic heterocycles. The number of alkyl halides is 1. The van der Waals surface area contributed by atoms with Crippen molar-refractivity contribution in [1.29, 1.82) is 0 Å². The predicted octanol–water partition coefficient (Wildman–Crippen LogP) is 2.49. The van der Waals surface area contributed by atoms with Gasteiger partial charge < -0.3 is 0 Å². The van der Waals surface area contributed by atoms with E-state index in [4.69, 9.17) is 0 Å². The number of rotatable bonds is 8. The van der Waals surface area contributed by atoms with Gasteiger partial charge in [0.05, 0.1) is 0 Å². The minimum absolute atomic E-state index is 0.319. The van der Waals surface area contributed by atoms with Crippen LogP contribution in [0.1, 0.15) is 25.7 Å². The van der Waals surface area contributed by atoms with E-state index in [0.29, 0.717) is 6.54 Å². The van der Waals surface area contributed by atoms with Crippen molar-refractivity contribution >= 4 is 32.6 Å². The highest BCUT2D eigenvalue weighted by Gasteiger charge is 2.19. The third kappa shape index (κ3) is 5.15. The summed E-state index contributed by atoms with van der Waals surface area (Å²) >= 11 is 2.31. The predicted molar refractivity (Wildman–Crippen MR) is 76.7 cm³/mol. The van der Waals surface area contributed by atoms with Crippen molar-refractivity contribution < 1.29 is 12.8 Å². The lowest BCUT2D eigenvalue weighted by atomic mass is 10.2. The van der Waals surface area contributed by atoms with Gasteiger partial charge in [0.25, 0.3) is 10.0 Å². The van der Waals surface area contributed by atoms with E-state index in [1.807, 2.05) is 0 Å². The van der Waals surface area contributed by atoms with E-state index >= 15 is 0 Å². The number of nitrogens with zero attached hydrogens (tertiary/aromatic N) is 1. The molecule has 0 aliphatic carbocycles. The normalized spacial score (nSPS) is 11.7. The van der Waals surface area contributed by atoms with E-state index < -0.39 is 20.9 Å². The summed E-state index contributed by atoms with van der Waals surface area (Å²) in [6.45, 7) is 0.319. The molecule has 1 aromatic rings. The van der Waals surface area contributed by atoms with Crippen molar-refractivity contribution in [2.45, 2.75) is 30.7 Å². The molecular weight excluding hydrogens is 370 g/mol. The molecule has 0 spiro atoms. The molecule has 1 rings (SSSR count). The Labute approximate surface area is 121 Å². The molecule has 18 heavy (non-hydrogen) atoms. The fraction of sp³-hybridized carbons (Fsp3) is 0.545. The Kier molecular flexibility index (Phi) is 7.02. The SMILES string of the molecule is O=S(=O)(NCCCCCCI)c1ncccc1F. The molecule has 1 N–H and O–H groups in total. The number of hydrogen-bond donors (Lipinski definition) is 1. The van der Waals surface area contributed by atoms with Gasteiger partial charge in [-0.05, 0) is 29.4 Å². The van der Waals surface area contributed by atoms with Crippen LogP contribution in [0.5, 0.6) is 0 Å². The summed E-state index contributed by atoms with van der Waals surface area (Å²) in [5.74, 6) is -0.824. The van der Waals surface area contributed by atoms with Gasteiger partial charge in [0, 0.05) is 12.7 Å². The first-order chi connectivity index (χ1) is 8.58. The van der Waals surface area contributed by atoms with Crippen LogP contribution < -0.4 is 4.72 Å². The number of unbranched alkanes of at least 4 members (excludes halogenated alkanes) is 3. The molecule has 7 heteroatoms. The Balaban J connectivity index is 2.44. The summed E-state index contributed by atoms with van der Waals surface area (Å²) in [4.78, 5) is 3.55. The molecule has 0 unspecified atom stereocenters. The number of sulfonamides is 1. The lowest BCUT2D eigenvalue weighted by Gasteiger charge is -2.06. The number of nitrogens with one attached hydrogen (secondary N) is 1. The Morgan fingerprint density at radius 2 is 2.00 bits per heavy atom. The lowest BCUT2D eigenvalue weighted by molar-refractivity contribution is 0.541. The van der Waals surface area contributed by atoms with Gasteiger partial charge in [-0.1, -0.05) is 35.4 Å². The smallest absolute Gasteiger partial charge is 0.241 e. The summed E-state index contributed by atoms with van der Waals surface area (Å²) in [6.07, 6.45) is 5.21. The zero-order chi connectivity index (χ0) is 13.4. The molecule has 1 heterocycles. The Morgan fingerprint density at radius 3 is 2.67 bits per heavy atom. The maximum atomic E-state index is 13.3. The Morgan fingerprint density at radius 1 is 1.28 bits per heavy atom. The zero-order valence-electron chi connectivity index (χ0n) is 9.90. The number of aromatic nitrogens is 1. The van der Waals surface area contributed by atoms with Crippen LogP contribution >= 0.6 is 22.6 Å². The maximum Gasteiger partial charge on any atom is 0.261 e. The Bertz CT molecular complexity index is 468. The van der Waals surface area contributed by atoms with Crippen molar-refractivity contribution in [3.8, 4) is 0 Å². The fourth-order valence-electron chi connectivity index (χ4n) is 1.42.